The molecule has 21 heavy (non-hydrogen) atoms. The van der Waals surface area contributed by atoms with Crippen LogP contribution in [-0.4, -0.2) is 23.7 Å². The van der Waals surface area contributed by atoms with Crippen LogP contribution in [0.25, 0.3) is 0 Å². The van der Waals surface area contributed by atoms with Gasteiger partial charge in [-0.25, -0.2) is 4.79 Å². The average molecular weight is 311 g/mol. The Balaban J connectivity index is 1.73. The third-order valence-corrected chi connectivity index (χ3v) is 4.20. The monoisotopic (exact) mass is 310 g/mol. The van der Waals surface area contributed by atoms with Crippen LogP contribution in [0.4, 0.5) is 10.5 Å². The van der Waals surface area contributed by atoms with Crippen molar-refractivity contribution in [2.45, 2.75) is 25.7 Å². The molecular weight excluding hydrogens is 292 g/mol. The van der Waals surface area contributed by atoms with Crippen molar-refractivity contribution in [3.8, 4) is 0 Å². The molecule has 1 aliphatic rings. The molecule has 0 aliphatic heterocycles. The number of halogens is 1. The Morgan fingerprint density at radius 3 is 2.48 bits per heavy atom. The molecule has 1 fully saturated rings. The van der Waals surface area contributed by atoms with Gasteiger partial charge >= 0.3 is 12.0 Å². The highest BCUT2D eigenvalue weighted by Gasteiger charge is 2.25. The number of para-hydroxylation sites is 1. The highest BCUT2D eigenvalue weighted by Crippen LogP contribution is 2.28. The van der Waals surface area contributed by atoms with Gasteiger partial charge in [0.1, 0.15) is 0 Å². The molecule has 1 saturated carbocycles. The van der Waals surface area contributed by atoms with Crippen LogP contribution >= 0.6 is 11.6 Å². The minimum absolute atomic E-state index is 0.224. The van der Waals surface area contributed by atoms with Gasteiger partial charge < -0.3 is 15.7 Å². The highest BCUT2D eigenvalue weighted by atomic mass is 35.5. The lowest BCUT2D eigenvalue weighted by molar-refractivity contribution is -0.143. The Hall–Kier alpha value is -1.75. The first-order chi connectivity index (χ1) is 10.1. The number of rotatable bonds is 4. The quantitative estimate of drug-likeness (QED) is 0.798. The lowest BCUT2D eigenvalue weighted by atomic mass is 9.82. The summed E-state index contributed by atoms with van der Waals surface area (Å²) in [5.41, 5.74) is 0.575. The molecule has 0 heterocycles. The predicted molar refractivity (Wildman–Crippen MR) is 81.6 cm³/mol. The van der Waals surface area contributed by atoms with Gasteiger partial charge in [0.2, 0.25) is 0 Å². The first kappa shape index (κ1) is 15.6. The van der Waals surface area contributed by atoms with Crippen molar-refractivity contribution in [1.82, 2.24) is 5.32 Å². The van der Waals surface area contributed by atoms with Gasteiger partial charge in [-0.15, -0.1) is 0 Å². The maximum Gasteiger partial charge on any atom is 0.319 e. The SMILES string of the molecule is O=C(NCC1CCC(C(=O)O)CC1)Nc1ccccc1Cl. The van der Waals surface area contributed by atoms with E-state index in [1.54, 1.807) is 24.3 Å². The molecule has 0 atom stereocenters. The molecule has 0 bridgehead atoms. The van der Waals surface area contributed by atoms with Crippen LogP contribution in [0.2, 0.25) is 5.02 Å². The number of carboxylic acid groups (broad SMARTS) is 1. The third kappa shape index (κ3) is 4.63. The van der Waals surface area contributed by atoms with Crippen LogP contribution in [0, 0.1) is 11.8 Å². The first-order valence-corrected chi connectivity index (χ1v) is 7.46. The third-order valence-electron chi connectivity index (χ3n) is 3.87. The zero-order chi connectivity index (χ0) is 15.2. The van der Waals surface area contributed by atoms with E-state index < -0.39 is 5.97 Å². The standard InChI is InChI=1S/C15H19ClN2O3/c16-12-3-1-2-4-13(12)18-15(21)17-9-10-5-7-11(8-6-10)14(19)20/h1-4,10-11H,5-9H2,(H,19,20)(H2,17,18,21). The highest BCUT2D eigenvalue weighted by molar-refractivity contribution is 6.33. The second-order valence-corrected chi connectivity index (χ2v) is 5.78. The van der Waals surface area contributed by atoms with Crippen molar-refractivity contribution in [3.63, 3.8) is 0 Å². The molecule has 1 aliphatic carbocycles. The Kier molecular flexibility index (Phi) is 5.44. The number of amides is 2. The summed E-state index contributed by atoms with van der Waals surface area (Å²) in [6.07, 6.45) is 3.05. The van der Waals surface area contributed by atoms with E-state index in [1.807, 2.05) is 0 Å². The summed E-state index contributed by atoms with van der Waals surface area (Å²) in [5.74, 6) is -0.589. The van der Waals surface area contributed by atoms with Crippen molar-refractivity contribution in [1.29, 1.82) is 0 Å². The molecule has 1 aromatic rings. The molecule has 2 rings (SSSR count). The van der Waals surface area contributed by atoms with E-state index in [-0.39, 0.29) is 11.9 Å². The molecule has 6 heteroatoms. The van der Waals surface area contributed by atoms with E-state index >= 15 is 0 Å². The summed E-state index contributed by atoms with van der Waals surface area (Å²) >= 11 is 5.96. The summed E-state index contributed by atoms with van der Waals surface area (Å²) < 4.78 is 0. The van der Waals surface area contributed by atoms with Crippen LogP contribution in [0.15, 0.2) is 24.3 Å². The topological polar surface area (TPSA) is 78.4 Å². The Morgan fingerprint density at radius 1 is 1.19 bits per heavy atom. The summed E-state index contributed by atoms with van der Waals surface area (Å²) in [6.45, 7) is 0.558. The number of nitrogens with one attached hydrogen (secondary N) is 2. The smallest absolute Gasteiger partial charge is 0.319 e. The minimum Gasteiger partial charge on any atom is -0.481 e. The van der Waals surface area contributed by atoms with Gasteiger partial charge in [-0.05, 0) is 43.7 Å². The number of carbonyl (C=O) groups excluding carboxylic acids is 1. The summed E-state index contributed by atoms with van der Waals surface area (Å²) in [5, 5.41) is 15.0. The van der Waals surface area contributed by atoms with Crippen LogP contribution in [0.1, 0.15) is 25.7 Å². The molecule has 0 spiro atoms. The number of carboxylic acids is 1. The molecule has 114 valence electrons. The first-order valence-electron chi connectivity index (χ1n) is 7.08. The lowest BCUT2D eigenvalue weighted by Gasteiger charge is -2.26. The maximum absolute atomic E-state index is 11.8. The van der Waals surface area contributed by atoms with E-state index in [0.717, 1.165) is 12.8 Å². The van der Waals surface area contributed by atoms with Crippen LogP contribution in [0.5, 0.6) is 0 Å². The molecule has 0 saturated heterocycles. The Bertz CT molecular complexity index is 513. The zero-order valence-electron chi connectivity index (χ0n) is 11.6. The normalized spacial score (nSPS) is 21.6. The fraction of sp³-hybridized carbons (Fsp3) is 0.467. The van der Waals surface area contributed by atoms with Crippen molar-refractivity contribution in [2.75, 3.05) is 11.9 Å². The van der Waals surface area contributed by atoms with E-state index in [1.165, 1.54) is 0 Å². The van der Waals surface area contributed by atoms with Gasteiger partial charge in [0, 0.05) is 6.54 Å². The molecule has 1 aromatic carbocycles. The lowest BCUT2D eigenvalue weighted by Crippen LogP contribution is -2.35. The molecule has 0 radical (unpaired) electrons. The second-order valence-electron chi connectivity index (χ2n) is 5.37. The molecular formula is C15H19ClN2O3. The number of aliphatic carboxylic acids is 1. The minimum atomic E-state index is -0.710. The van der Waals surface area contributed by atoms with Gasteiger partial charge in [-0.3, -0.25) is 4.79 Å². The summed E-state index contributed by atoms with van der Waals surface area (Å²) in [6, 6.07) is 6.76. The van der Waals surface area contributed by atoms with Crippen molar-refractivity contribution < 1.29 is 14.7 Å². The summed E-state index contributed by atoms with van der Waals surface area (Å²) in [4.78, 5) is 22.7. The van der Waals surface area contributed by atoms with Gasteiger partial charge in [0.05, 0.1) is 16.6 Å². The fourth-order valence-corrected chi connectivity index (χ4v) is 2.76. The number of anilines is 1. The van der Waals surface area contributed by atoms with Gasteiger partial charge in [-0.1, -0.05) is 23.7 Å². The fourth-order valence-electron chi connectivity index (χ4n) is 2.58. The number of hydrogen-bond acceptors (Lipinski definition) is 2. The Labute approximate surface area is 128 Å². The Morgan fingerprint density at radius 2 is 1.86 bits per heavy atom. The molecule has 5 nitrogen and oxygen atoms in total. The van der Waals surface area contributed by atoms with Gasteiger partial charge in [0.25, 0.3) is 0 Å². The average Bonchev–Trinajstić information content (AvgIpc) is 2.48. The van der Waals surface area contributed by atoms with E-state index in [2.05, 4.69) is 10.6 Å². The maximum atomic E-state index is 11.8. The van der Waals surface area contributed by atoms with Crippen molar-refractivity contribution >= 4 is 29.3 Å². The number of benzene rings is 1. The van der Waals surface area contributed by atoms with E-state index in [4.69, 9.17) is 16.7 Å². The van der Waals surface area contributed by atoms with Crippen LogP contribution < -0.4 is 10.6 Å². The zero-order valence-corrected chi connectivity index (χ0v) is 12.4. The van der Waals surface area contributed by atoms with Crippen LogP contribution in [-0.2, 0) is 4.79 Å². The molecule has 3 N–H and O–H groups in total. The van der Waals surface area contributed by atoms with Crippen molar-refractivity contribution in [3.05, 3.63) is 29.3 Å². The van der Waals surface area contributed by atoms with Crippen molar-refractivity contribution in [2.24, 2.45) is 11.8 Å². The number of hydrogen-bond donors (Lipinski definition) is 3. The van der Waals surface area contributed by atoms with Crippen LogP contribution in [0.3, 0.4) is 0 Å². The van der Waals surface area contributed by atoms with E-state index in [0.29, 0.717) is 36.0 Å². The second kappa shape index (κ2) is 7.31. The predicted octanol–water partition coefficient (Wildman–Crippen LogP) is 3.35. The molecule has 0 aromatic heterocycles. The summed E-state index contributed by atoms with van der Waals surface area (Å²) in [7, 11) is 0. The molecule has 2 amide bonds. The largest absolute Gasteiger partial charge is 0.481 e. The van der Waals surface area contributed by atoms with Gasteiger partial charge in [0.15, 0.2) is 0 Å². The van der Waals surface area contributed by atoms with Gasteiger partial charge in [-0.2, -0.15) is 0 Å². The van der Waals surface area contributed by atoms with E-state index in [9.17, 15) is 9.59 Å². The number of urea groups is 1. The molecule has 0 unspecified atom stereocenters. The number of carbonyl (C=O) groups is 2.